The lowest BCUT2D eigenvalue weighted by atomic mass is 10.1. The Balaban J connectivity index is 1.64. The summed E-state index contributed by atoms with van der Waals surface area (Å²) in [7, 11) is 1.93. The average molecular weight is 289 g/mol. The molecule has 0 amide bonds. The fourth-order valence-corrected chi connectivity index (χ4v) is 2.89. The van der Waals surface area contributed by atoms with E-state index in [0.717, 1.165) is 32.0 Å². The van der Waals surface area contributed by atoms with Gasteiger partial charge in [-0.25, -0.2) is 4.98 Å². The number of nitrogens with zero attached hydrogens (tertiary/aromatic N) is 5. The number of piperazine rings is 1. The van der Waals surface area contributed by atoms with Crippen molar-refractivity contribution in [2.75, 3.05) is 24.5 Å². The van der Waals surface area contributed by atoms with Crippen LogP contribution in [-0.4, -0.2) is 45.3 Å². The number of aromatic nitrogens is 3. The summed E-state index contributed by atoms with van der Waals surface area (Å²) in [6.45, 7) is 5.80. The molecule has 3 rings (SSSR count). The Labute approximate surface area is 124 Å². The number of anilines is 1. The maximum atomic E-state index is 13.3. The third-order valence-corrected chi connectivity index (χ3v) is 3.87. The normalized spacial score (nSPS) is 20.0. The van der Waals surface area contributed by atoms with Gasteiger partial charge >= 0.3 is 0 Å². The zero-order valence-corrected chi connectivity index (χ0v) is 12.4. The molecule has 0 saturated carbocycles. The second kappa shape index (κ2) is 5.81. The predicted molar refractivity (Wildman–Crippen MR) is 79.5 cm³/mol. The van der Waals surface area contributed by atoms with E-state index in [2.05, 4.69) is 26.8 Å². The van der Waals surface area contributed by atoms with Gasteiger partial charge in [0.2, 0.25) is 5.95 Å². The number of aryl methyl sites for hydroxylation is 1. The van der Waals surface area contributed by atoms with E-state index in [4.69, 9.17) is 0 Å². The molecule has 21 heavy (non-hydrogen) atoms. The van der Waals surface area contributed by atoms with E-state index in [9.17, 15) is 4.39 Å². The van der Waals surface area contributed by atoms with Crippen LogP contribution in [-0.2, 0) is 13.6 Å². The molecule has 112 valence electrons. The van der Waals surface area contributed by atoms with Crippen LogP contribution >= 0.6 is 0 Å². The first-order valence-electron chi connectivity index (χ1n) is 7.21. The van der Waals surface area contributed by atoms with Gasteiger partial charge in [-0.05, 0) is 19.1 Å². The Morgan fingerprint density at radius 3 is 2.86 bits per heavy atom. The Kier molecular flexibility index (Phi) is 3.88. The van der Waals surface area contributed by atoms with Gasteiger partial charge in [0, 0.05) is 51.0 Å². The molecular weight excluding hydrogens is 269 g/mol. The SMILES string of the molecule is CC1CN(Cc2cnn(C)c2)CCN1c1cccc(F)n1. The predicted octanol–water partition coefficient (Wildman–Crippen LogP) is 1.66. The van der Waals surface area contributed by atoms with Gasteiger partial charge in [0.15, 0.2) is 0 Å². The molecule has 3 heterocycles. The summed E-state index contributed by atoms with van der Waals surface area (Å²) in [5, 5.41) is 4.20. The van der Waals surface area contributed by atoms with Gasteiger partial charge in [0.05, 0.1) is 6.20 Å². The molecule has 0 N–H and O–H groups in total. The van der Waals surface area contributed by atoms with Crippen LogP contribution < -0.4 is 4.90 Å². The Bertz CT molecular complexity index is 612. The minimum atomic E-state index is -0.419. The van der Waals surface area contributed by atoms with E-state index in [1.807, 2.05) is 30.2 Å². The third kappa shape index (κ3) is 3.21. The molecule has 1 unspecified atom stereocenters. The van der Waals surface area contributed by atoms with Crippen molar-refractivity contribution in [1.29, 1.82) is 0 Å². The molecular formula is C15H20FN5. The first-order chi connectivity index (χ1) is 10.1. The molecule has 0 spiro atoms. The molecule has 2 aromatic heterocycles. The fourth-order valence-electron chi connectivity index (χ4n) is 2.89. The number of hydrogen-bond acceptors (Lipinski definition) is 4. The van der Waals surface area contributed by atoms with Crippen molar-refractivity contribution in [3.63, 3.8) is 0 Å². The Hall–Kier alpha value is -1.95. The van der Waals surface area contributed by atoms with Gasteiger partial charge < -0.3 is 4.90 Å². The summed E-state index contributed by atoms with van der Waals surface area (Å²) in [6, 6.07) is 5.28. The summed E-state index contributed by atoms with van der Waals surface area (Å²) < 4.78 is 15.1. The Morgan fingerprint density at radius 1 is 1.33 bits per heavy atom. The van der Waals surface area contributed by atoms with Gasteiger partial charge in [-0.15, -0.1) is 0 Å². The van der Waals surface area contributed by atoms with Crippen molar-refractivity contribution in [2.45, 2.75) is 19.5 Å². The van der Waals surface area contributed by atoms with Crippen LogP contribution in [0.1, 0.15) is 12.5 Å². The first-order valence-corrected chi connectivity index (χ1v) is 7.21. The summed E-state index contributed by atoms with van der Waals surface area (Å²) in [6.07, 6.45) is 3.95. The van der Waals surface area contributed by atoms with Crippen LogP contribution in [0.4, 0.5) is 10.2 Å². The fraction of sp³-hybridized carbons (Fsp3) is 0.467. The second-order valence-corrected chi connectivity index (χ2v) is 5.62. The zero-order chi connectivity index (χ0) is 14.8. The third-order valence-electron chi connectivity index (χ3n) is 3.87. The average Bonchev–Trinajstić information content (AvgIpc) is 2.84. The summed E-state index contributed by atoms with van der Waals surface area (Å²) in [5.41, 5.74) is 1.22. The molecule has 0 radical (unpaired) electrons. The highest BCUT2D eigenvalue weighted by atomic mass is 19.1. The quantitative estimate of drug-likeness (QED) is 0.806. The first kappa shape index (κ1) is 14.0. The van der Waals surface area contributed by atoms with E-state index < -0.39 is 5.95 Å². The van der Waals surface area contributed by atoms with Crippen LogP contribution in [0.2, 0.25) is 0 Å². The van der Waals surface area contributed by atoms with Gasteiger partial charge in [-0.2, -0.15) is 9.49 Å². The minimum absolute atomic E-state index is 0.310. The zero-order valence-electron chi connectivity index (χ0n) is 12.4. The molecule has 5 nitrogen and oxygen atoms in total. The van der Waals surface area contributed by atoms with E-state index in [1.54, 1.807) is 6.07 Å². The topological polar surface area (TPSA) is 37.2 Å². The lowest BCUT2D eigenvalue weighted by Crippen LogP contribution is -2.51. The maximum Gasteiger partial charge on any atom is 0.214 e. The summed E-state index contributed by atoms with van der Waals surface area (Å²) in [4.78, 5) is 8.56. The standard InChI is InChI=1S/C15H20FN5/c1-12-9-20(11-13-8-17-19(2)10-13)6-7-21(12)15-5-3-4-14(16)18-15/h3-5,8,10,12H,6-7,9,11H2,1-2H3. The van der Waals surface area contributed by atoms with E-state index >= 15 is 0 Å². The van der Waals surface area contributed by atoms with Gasteiger partial charge in [0.1, 0.15) is 5.82 Å². The molecule has 1 aliphatic heterocycles. The van der Waals surface area contributed by atoms with Crippen LogP contribution in [0.25, 0.3) is 0 Å². The van der Waals surface area contributed by atoms with Crippen LogP contribution in [0.3, 0.4) is 0 Å². The van der Waals surface area contributed by atoms with Crippen molar-refractivity contribution >= 4 is 5.82 Å². The molecule has 2 aromatic rings. The monoisotopic (exact) mass is 289 g/mol. The van der Waals surface area contributed by atoms with Gasteiger partial charge in [-0.1, -0.05) is 6.07 Å². The highest BCUT2D eigenvalue weighted by molar-refractivity contribution is 5.40. The Morgan fingerprint density at radius 2 is 2.19 bits per heavy atom. The van der Waals surface area contributed by atoms with Gasteiger partial charge in [0.25, 0.3) is 0 Å². The molecule has 1 saturated heterocycles. The van der Waals surface area contributed by atoms with E-state index in [1.165, 1.54) is 11.6 Å². The van der Waals surface area contributed by atoms with Crippen LogP contribution in [0.15, 0.2) is 30.6 Å². The molecule has 0 aromatic carbocycles. The second-order valence-electron chi connectivity index (χ2n) is 5.62. The molecule has 1 aliphatic rings. The number of halogens is 1. The smallest absolute Gasteiger partial charge is 0.214 e. The lowest BCUT2D eigenvalue weighted by Gasteiger charge is -2.40. The summed E-state index contributed by atoms with van der Waals surface area (Å²) in [5.74, 6) is 0.306. The highest BCUT2D eigenvalue weighted by Gasteiger charge is 2.25. The van der Waals surface area contributed by atoms with Crippen molar-refractivity contribution in [2.24, 2.45) is 7.05 Å². The van der Waals surface area contributed by atoms with Crippen LogP contribution in [0, 0.1) is 5.95 Å². The lowest BCUT2D eigenvalue weighted by molar-refractivity contribution is 0.220. The van der Waals surface area contributed by atoms with Crippen molar-refractivity contribution in [1.82, 2.24) is 19.7 Å². The van der Waals surface area contributed by atoms with Crippen molar-refractivity contribution in [3.8, 4) is 0 Å². The number of rotatable bonds is 3. The molecule has 0 bridgehead atoms. The van der Waals surface area contributed by atoms with Gasteiger partial charge in [-0.3, -0.25) is 9.58 Å². The summed E-state index contributed by atoms with van der Waals surface area (Å²) >= 11 is 0. The molecule has 1 atom stereocenters. The minimum Gasteiger partial charge on any atom is -0.351 e. The molecule has 6 heteroatoms. The molecule has 1 fully saturated rings. The number of hydrogen-bond donors (Lipinski definition) is 0. The van der Waals surface area contributed by atoms with Crippen LogP contribution in [0.5, 0.6) is 0 Å². The largest absolute Gasteiger partial charge is 0.351 e. The maximum absolute atomic E-state index is 13.3. The van der Waals surface area contributed by atoms with Crippen molar-refractivity contribution < 1.29 is 4.39 Å². The van der Waals surface area contributed by atoms with E-state index in [0.29, 0.717) is 6.04 Å². The van der Waals surface area contributed by atoms with Crippen molar-refractivity contribution in [3.05, 3.63) is 42.1 Å². The number of pyridine rings is 1. The highest BCUT2D eigenvalue weighted by Crippen LogP contribution is 2.19. The van der Waals surface area contributed by atoms with E-state index in [-0.39, 0.29) is 0 Å². The molecule has 0 aliphatic carbocycles.